The van der Waals surface area contributed by atoms with Crippen LogP contribution in [-0.2, 0) is 19.1 Å². The minimum absolute atomic E-state index is 0. The molecular formula is C23H60O5. The van der Waals surface area contributed by atoms with Gasteiger partial charge in [-0.3, -0.25) is 9.59 Å². The van der Waals surface area contributed by atoms with E-state index in [1.165, 1.54) is 0 Å². The van der Waals surface area contributed by atoms with Crippen LogP contribution in [0.3, 0.4) is 0 Å². The number of rotatable bonds is 10. The van der Waals surface area contributed by atoms with Crippen LogP contribution in [0, 0.1) is 11.3 Å². The molecule has 0 aromatic rings. The maximum Gasteiger partial charge on any atom is 0.311 e. The highest BCUT2D eigenvalue weighted by molar-refractivity contribution is 5.78. The van der Waals surface area contributed by atoms with Gasteiger partial charge in [0.2, 0.25) is 0 Å². The standard InChI is InChI=1S/C15H28O5.8CH4/c1-5-7-9-20-14(18)15(4,6-2)11-12(3)13(17)19-10-8-16;;;;;;;;/h12,16H,5-11H2,1-4H3;8*1H4. The molecule has 0 spiro atoms. The molecule has 0 aliphatic carbocycles. The molecule has 0 saturated carbocycles. The first-order chi connectivity index (χ1) is 9.41. The van der Waals surface area contributed by atoms with E-state index in [1.54, 1.807) is 6.92 Å². The third kappa shape index (κ3) is 21.2. The molecule has 5 nitrogen and oxygen atoms in total. The fourth-order valence-electron chi connectivity index (χ4n) is 1.90. The smallest absolute Gasteiger partial charge is 0.311 e. The highest BCUT2D eigenvalue weighted by Crippen LogP contribution is 2.32. The molecule has 0 aliphatic rings. The molecular weight excluding hydrogens is 356 g/mol. The lowest BCUT2D eigenvalue weighted by Gasteiger charge is -2.28. The Hall–Kier alpha value is -1.10. The van der Waals surface area contributed by atoms with Crippen LogP contribution < -0.4 is 0 Å². The van der Waals surface area contributed by atoms with Crippen LogP contribution in [0.5, 0.6) is 0 Å². The van der Waals surface area contributed by atoms with Gasteiger partial charge in [0.15, 0.2) is 0 Å². The van der Waals surface area contributed by atoms with Crippen molar-refractivity contribution in [3.63, 3.8) is 0 Å². The molecule has 0 fully saturated rings. The molecule has 0 saturated heterocycles. The summed E-state index contributed by atoms with van der Waals surface area (Å²) in [6.07, 6.45) is 2.81. The number of aliphatic hydroxyl groups is 1. The zero-order valence-corrected chi connectivity index (χ0v) is 13.1. The number of carbonyl (C=O) groups is 2. The highest BCUT2D eigenvalue weighted by Gasteiger charge is 2.36. The van der Waals surface area contributed by atoms with Crippen LogP contribution in [0.4, 0.5) is 0 Å². The van der Waals surface area contributed by atoms with Crippen molar-refractivity contribution in [1.82, 2.24) is 0 Å². The van der Waals surface area contributed by atoms with Gasteiger partial charge in [0.1, 0.15) is 6.61 Å². The fraction of sp³-hybridized carbons (Fsp3) is 0.913. The number of unbranched alkanes of at least 4 members (excludes halogenated alkanes) is 1. The van der Waals surface area contributed by atoms with E-state index in [0.29, 0.717) is 19.4 Å². The first-order valence-corrected chi connectivity index (χ1v) is 7.36. The summed E-state index contributed by atoms with van der Waals surface area (Å²) in [6, 6.07) is 0. The summed E-state index contributed by atoms with van der Waals surface area (Å²) in [4.78, 5) is 23.8. The van der Waals surface area contributed by atoms with Crippen molar-refractivity contribution in [2.45, 2.75) is 113 Å². The van der Waals surface area contributed by atoms with Crippen molar-refractivity contribution >= 4 is 11.9 Å². The van der Waals surface area contributed by atoms with Crippen molar-refractivity contribution in [2.24, 2.45) is 11.3 Å². The monoisotopic (exact) mass is 416 g/mol. The van der Waals surface area contributed by atoms with E-state index in [4.69, 9.17) is 14.6 Å². The number of carbonyl (C=O) groups excluding carboxylic acids is 2. The molecule has 0 aromatic heterocycles. The number of hydrogen-bond acceptors (Lipinski definition) is 5. The third-order valence-electron chi connectivity index (χ3n) is 3.50. The molecule has 0 rings (SSSR count). The van der Waals surface area contributed by atoms with Crippen LogP contribution in [0.1, 0.15) is 113 Å². The molecule has 0 bridgehead atoms. The normalized spacial score (nSPS) is 10.9. The maximum atomic E-state index is 12.1. The Balaban J connectivity index is -0.0000000645. The van der Waals surface area contributed by atoms with E-state index in [2.05, 4.69) is 0 Å². The second-order valence-corrected chi connectivity index (χ2v) is 5.40. The van der Waals surface area contributed by atoms with Crippen molar-refractivity contribution < 1.29 is 24.2 Å². The molecule has 0 radical (unpaired) electrons. The second kappa shape index (κ2) is 30.6. The molecule has 2 unspecified atom stereocenters. The van der Waals surface area contributed by atoms with Crippen LogP contribution >= 0.6 is 0 Å². The minimum atomic E-state index is -0.675. The SMILES string of the molecule is C.C.C.C.C.C.C.C.CCCCOC(=O)C(C)(CC)CC(C)C(=O)OCCO. The summed E-state index contributed by atoms with van der Waals surface area (Å²) in [6.45, 7) is 7.72. The summed E-state index contributed by atoms with van der Waals surface area (Å²) >= 11 is 0. The second-order valence-electron chi connectivity index (χ2n) is 5.40. The van der Waals surface area contributed by atoms with Crippen LogP contribution in [0.2, 0.25) is 0 Å². The number of esters is 2. The van der Waals surface area contributed by atoms with E-state index in [0.717, 1.165) is 12.8 Å². The number of aliphatic hydroxyl groups excluding tert-OH is 1. The molecule has 182 valence electrons. The Morgan fingerprint density at radius 1 is 0.893 bits per heavy atom. The number of ether oxygens (including phenoxy) is 2. The Morgan fingerprint density at radius 2 is 1.36 bits per heavy atom. The van der Waals surface area contributed by atoms with Crippen molar-refractivity contribution in [3.05, 3.63) is 0 Å². The van der Waals surface area contributed by atoms with Gasteiger partial charge in [-0.2, -0.15) is 0 Å². The molecule has 0 aliphatic heterocycles. The summed E-state index contributed by atoms with van der Waals surface area (Å²) < 4.78 is 10.1. The van der Waals surface area contributed by atoms with Crippen LogP contribution in [0.25, 0.3) is 0 Å². The topological polar surface area (TPSA) is 72.8 Å². The van der Waals surface area contributed by atoms with E-state index in [-0.39, 0.29) is 84.6 Å². The van der Waals surface area contributed by atoms with Gasteiger partial charge in [-0.05, 0) is 26.2 Å². The zero-order valence-electron chi connectivity index (χ0n) is 13.1. The predicted molar refractivity (Wildman–Crippen MR) is 130 cm³/mol. The zero-order chi connectivity index (χ0) is 15.6. The Labute approximate surface area is 180 Å². The first kappa shape index (κ1) is 56.3. The molecule has 0 heterocycles. The third-order valence-corrected chi connectivity index (χ3v) is 3.50. The van der Waals surface area contributed by atoms with Gasteiger partial charge in [-0.25, -0.2) is 0 Å². The largest absolute Gasteiger partial charge is 0.465 e. The maximum absolute atomic E-state index is 12.1. The van der Waals surface area contributed by atoms with Gasteiger partial charge in [-0.1, -0.05) is 86.6 Å². The van der Waals surface area contributed by atoms with E-state index < -0.39 is 11.3 Å². The lowest BCUT2D eigenvalue weighted by Crippen LogP contribution is -2.33. The molecule has 1 N–H and O–H groups in total. The molecule has 28 heavy (non-hydrogen) atoms. The highest BCUT2D eigenvalue weighted by atomic mass is 16.5. The van der Waals surface area contributed by atoms with Crippen molar-refractivity contribution in [2.75, 3.05) is 19.8 Å². The Bertz CT molecular complexity index is 305. The summed E-state index contributed by atoms with van der Waals surface area (Å²) in [5, 5.41) is 8.63. The Kier molecular flexibility index (Phi) is 61.6. The van der Waals surface area contributed by atoms with Gasteiger partial charge in [0.05, 0.1) is 24.5 Å². The summed E-state index contributed by atoms with van der Waals surface area (Å²) in [5.41, 5.74) is -0.675. The molecule has 5 heteroatoms. The van der Waals surface area contributed by atoms with Crippen molar-refractivity contribution in [1.29, 1.82) is 0 Å². The van der Waals surface area contributed by atoms with Gasteiger partial charge >= 0.3 is 11.9 Å². The molecule has 0 amide bonds. The first-order valence-electron chi connectivity index (χ1n) is 7.36. The quantitative estimate of drug-likeness (QED) is 0.297. The molecule has 2 atom stereocenters. The lowest BCUT2D eigenvalue weighted by molar-refractivity contribution is -0.159. The van der Waals surface area contributed by atoms with E-state index >= 15 is 0 Å². The average Bonchev–Trinajstić information content (AvgIpc) is 2.44. The van der Waals surface area contributed by atoms with Crippen molar-refractivity contribution in [3.8, 4) is 0 Å². The van der Waals surface area contributed by atoms with Gasteiger partial charge in [-0.15, -0.1) is 0 Å². The average molecular weight is 417 g/mol. The van der Waals surface area contributed by atoms with Gasteiger partial charge in [0.25, 0.3) is 0 Å². The number of hydrogen-bond donors (Lipinski definition) is 1. The predicted octanol–water partition coefficient (Wildman–Crippen LogP) is 7.40. The Morgan fingerprint density at radius 3 is 1.71 bits per heavy atom. The van der Waals surface area contributed by atoms with Gasteiger partial charge in [0, 0.05) is 0 Å². The van der Waals surface area contributed by atoms with Crippen LogP contribution in [0.15, 0.2) is 0 Å². The van der Waals surface area contributed by atoms with Crippen LogP contribution in [-0.4, -0.2) is 36.9 Å². The lowest BCUT2D eigenvalue weighted by atomic mass is 9.79. The van der Waals surface area contributed by atoms with E-state index in [9.17, 15) is 9.59 Å². The summed E-state index contributed by atoms with van der Waals surface area (Å²) in [7, 11) is 0. The van der Waals surface area contributed by atoms with E-state index in [1.807, 2.05) is 20.8 Å². The molecule has 0 aromatic carbocycles. The minimum Gasteiger partial charge on any atom is -0.465 e. The summed E-state index contributed by atoms with van der Waals surface area (Å²) in [5.74, 6) is -1.04. The van der Waals surface area contributed by atoms with Gasteiger partial charge < -0.3 is 14.6 Å². The fourth-order valence-corrected chi connectivity index (χ4v) is 1.90.